The van der Waals surface area contributed by atoms with E-state index >= 15 is 0 Å². The SMILES string of the molecule is Cc1ccc2c(c1)[C@H]1CN(C)CC[C@H]1N2S(=O)(=O)c1ccccc1[N+](=O)[O-]. The number of nitro benzene ring substituents is 1. The van der Waals surface area contributed by atoms with Crippen molar-refractivity contribution in [3.8, 4) is 0 Å². The van der Waals surface area contributed by atoms with Crippen LogP contribution in [0.3, 0.4) is 0 Å². The molecular formula is C19H21N3O4S. The second-order valence-electron chi connectivity index (χ2n) is 7.31. The number of nitrogens with zero attached hydrogens (tertiary/aromatic N) is 3. The lowest BCUT2D eigenvalue weighted by Crippen LogP contribution is -2.47. The summed E-state index contributed by atoms with van der Waals surface area (Å²) in [6.07, 6.45) is 0.689. The Morgan fingerprint density at radius 3 is 2.67 bits per heavy atom. The van der Waals surface area contributed by atoms with E-state index in [4.69, 9.17) is 0 Å². The molecule has 2 aliphatic rings. The van der Waals surface area contributed by atoms with Gasteiger partial charge >= 0.3 is 0 Å². The van der Waals surface area contributed by atoms with E-state index in [0.29, 0.717) is 12.1 Å². The van der Waals surface area contributed by atoms with E-state index < -0.39 is 14.9 Å². The maximum absolute atomic E-state index is 13.6. The molecule has 4 rings (SSSR count). The molecule has 0 aliphatic carbocycles. The Kier molecular flexibility index (Phi) is 4.20. The van der Waals surface area contributed by atoms with Crippen molar-refractivity contribution in [2.75, 3.05) is 24.4 Å². The highest BCUT2D eigenvalue weighted by Crippen LogP contribution is 2.48. The minimum absolute atomic E-state index is 0.0659. The number of rotatable bonds is 3. The summed E-state index contributed by atoms with van der Waals surface area (Å²) >= 11 is 0. The smallest absolute Gasteiger partial charge is 0.289 e. The van der Waals surface area contributed by atoms with E-state index in [1.807, 2.05) is 32.2 Å². The van der Waals surface area contributed by atoms with E-state index in [0.717, 1.165) is 24.2 Å². The molecule has 0 N–H and O–H groups in total. The predicted octanol–water partition coefficient (Wildman–Crippen LogP) is 2.90. The molecule has 2 aliphatic heterocycles. The topological polar surface area (TPSA) is 83.8 Å². The molecule has 0 unspecified atom stereocenters. The third kappa shape index (κ3) is 2.80. The molecule has 0 spiro atoms. The van der Waals surface area contributed by atoms with Crippen molar-refractivity contribution < 1.29 is 13.3 Å². The van der Waals surface area contributed by atoms with Crippen molar-refractivity contribution in [1.29, 1.82) is 0 Å². The van der Waals surface area contributed by atoms with Crippen LogP contribution in [0, 0.1) is 17.0 Å². The number of anilines is 1. The van der Waals surface area contributed by atoms with Gasteiger partial charge in [-0.3, -0.25) is 14.4 Å². The maximum Gasteiger partial charge on any atom is 0.289 e. The van der Waals surface area contributed by atoms with Crippen molar-refractivity contribution in [3.05, 3.63) is 63.7 Å². The summed E-state index contributed by atoms with van der Waals surface area (Å²) in [6.45, 7) is 3.54. The number of aryl methyl sites for hydroxylation is 1. The Hall–Kier alpha value is -2.45. The zero-order valence-corrected chi connectivity index (χ0v) is 16.0. The number of sulfonamides is 1. The van der Waals surface area contributed by atoms with Crippen LogP contribution in [-0.4, -0.2) is 44.4 Å². The molecule has 142 valence electrons. The fourth-order valence-electron chi connectivity index (χ4n) is 4.28. The lowest BCUT2D eigenvalue weighted by Gasteiger charge is -2.36. The van der Waals surface area contributed by atoms with Crippen molar-refractivity contribution in [1.82, 2.24) is 4.90 Å². The summed E-state index contributed by atoms with van der Waals surface area (Å²) in [5, 5.41) is 11.4. The summed E-state index contributed by atoms with van der Waals surface area (Å²) < 4.78 is 28.5. The third-order valence-corrected chi connectivity index (χ3v) is 7.39. The molecule has 8 heteroatoms. The van der Waals surface area contributed by atoms with Gasteiger partial charge in [0.2, 0.25) is 0 Å². The molecule has 0 bridgehead atoms. The zero-order valence-electron chi connectivity index (χ0n) is 15.2. The van der Waals surface area contributed by atoms with E-state index in [9.17, 15) is 18.5 Å². The van der Waals surface area contributed by atoms with Gasteiger partial charge in [0.05, 0.1) is 16.7 Å². The van der Waals surface area contributed by atoms with Crippen LogP contribution in [0.5, 0.6) is 0 Å². The first-order chi connectivity index (χ1) is 12.8. The fourth-order valence-corrected chi connectivity index (χ4v) is 6.18. The first kappa shape index (κ1) is 17.9. The van der Waals surface area contributed by atoms with Gasteiger partial charge in [-0.2, -0.15) is 0 Å². The van der Waals surface area contributed by atoms with Crippen molar-refractivity contribution in [3.63, 3.8) is 0 Å². The molecule has 1 saturated heterocycles. The van der Waals surface area contributed by atoms with Crippen LogP contribution in [0.15, 0.2) is 47.4 Å². The van der Waals surface area contributed by atoms with E-state index in [2.05, 4.69) is 4.90 Å². The summed E-state index contributed by atoms with van der Waals surface area (Å²) in [4.78, 5) is 12.7. The molecule has 0 radical (unpaired) electrons. The van der Waals surface area contributed by atoms with Crippen molar-refractivity contribution in [2.24, 2.45) is 0 Å². The Morgan fingerprint density at radius 1 is 1.19 bits per heavy atom. The van der Waals surface area contributed by atoms with Crippen molar-refractivity contribution in [2.45, 2.75) is 30.2 Å². The molecule has 27 heavy (non-hydrogen) atoms. The number of fused-ring (bicyclic) bond motifs is 3. The minimum Gasteiger partial charge on any atom is -0.306 e. The van der Waals surface area contributed by atoms with Gasteiger partial charge in [0.25, 0.3) is 15.7 Å². The van der Waals surface area contributed by atoms with E-state index in [1.165, 1.54) is 28.6 Å². The van der Waals surface area contributed by atoms with Gasteiger partial charge < -0.3 is 4.90 Å². The minimum atomic E-state index is -4.06. The number of hydrogen-bond donors (Lipinski definition) is 0. The molecule has 1 fully saturated rings. The number of likely N-dealkylation sites (N-methyl/N-ethyl adjacent to an activating group) is 1. The number of hydrogen-bond acceptors (Lipinski definition) is 5. The van der Waals surface area contributed by atoms with Gasteiger partial charge in [-0.05, 0) is 44.6 Å². The van der Waals surface area contributed by atoms with E-state index in [1.54, 1.807) is 0 Å². The maximum atomic E-state index is 13.6. The summed E-state index contributed by atoms with van der Waals surface area (Å²) in [5.74, 6) is 0.0659. The van der Waals surface area contributed by atoms with Crippen molar-refractivity contribution >= 4 is 21.4 Å². The summed E-state index contributed by atoms with van der Waals surface area (Å²) in [5.41, 5.74) is 2.34. The largest absolute Gasteiger partial charge is 0.306 e. The molecule has 2 aromatic rings. The average molecular weight is 387 g/mol. The summed E-state index contributed by atoms with van der Waals surface area (Å²) in [7, 11) is -2.02. The zero-order chi connectivity index (χ0) is 19.3. The van der Waals surface area contributed by atoms with Crippen LogP contribution < -0.4 is 4.31 Å². The molecule has 0 amide bonds. The average Bonchev–Trinajstić information content (AvgIpc) is 2.95. The Bertz CT molecular complexity index is 1020. The highest BCUT2D eigenvalue weighted by molar-refractivity contribution is 7.93. The number of nitro groups is 1. The highest BCUT2D eigenvalue weighted by Gasteiger charge is 2.47. The fraction of sp³-hybridized carbons (Fsp3) is 0.368. The van der Waals surface area contributed by atoms with Gasteiger partial charge in [-0.25, -0.2) is 8.42 Å². The second kappa shape index (κ2) is 6.31. The van der Waals surface area contributed by atoms with Crippen LogP contribution in [-0.2, 0) is 10.0 Å². The van der Waals surface area contributed by atoms with Crippen LogP contribution in [0.4, 0.5) is 11.4 Å². The monoisotopic (exact) mass is 387 g/mol. The molecule has 0 saturated carbocycles. The first-order valence-corrected chi connectivity index (χ1v) is 10.3. The van der Waals surface area contributed by atoms with Gasteiger partial charge in [-0.1, -0.05) is 29.8 Å². The van der Waals surface area contributed by atoms with Gasteiger partial charge in [0, 0.05) is 18.5 Å². The molecule has 0 aromatic heterocycles. The quantitative estimate of drug-likeness (QED) is 0.597. The Labute approximate surface area is 158 Å². The number of piperidine rings is 1. The molecule has 2 aromatic carbocycles. The van der Waals surface area contributed by atoms with Crippen LogP contribution in [0.1, 0.15) is 23.5 Å². The second-order valence-corrected chi connectivity index (χ2v) is 9.10. The Morgan fingerprint density at radius 2 is 1.93 bits per heavy atom. The highest BCUT2D eigenvalue weighted by atomic mass is 32.2. The third-order valence-electron chi connectivity index (χ3n) is 5.50. The number of para-hydroxylation sites is 1. The van der Waals surface area contributed by atoms with Gasteiger partial charge in [-0.15, -0.1) is 0 Å². The first-order valence-electron chi connectivity index (χ1n) is 8.87. The lowest BCUT2D eigenvalue weighted by molar-refractivity contribution is -0.387. The predicted molar refractivity (Wildman–Crippen MR) is 103 cm³/mol. The van der Waals surface area contributed by atoms with Gasteiger partial charge in [0.1, 0.15) is 0 Å². The standard InChI is InChI=1S/C19H21N3O4S/c1-13-7-8-16-14(11-13)15-12-20(2)10-9-17(15)21(16)27(25,26)19-6-4-3-5-18(19)22(23)24/h3-8,11,15,17H,9-10,12H2,1-2H3/t15-,17-/m1/s1. The molecule has 2 heterocycles. The lowest BCUT2D eigenvalue weighted by atomic mass is 9.89. The Balaban J connectivity index is 1.90. The molecular weight excluding hydrogens is 366 g/mol. The molecule has 7 nitrogen and oxygen atoms in total. The number of benzene rings is 2. The van der Waals surface area contributed by atoms with Gasteiger partial charge in [0.15, 0.2) is 4.90 Å². The van der Waals surface area contributed by atoms with Crippen LogP contribution in [0.25, 0.3) is 0 Å². The van der Waals surface area contributed by atoms with Crippen LogP contribution >= 0.6 is 0 Å². The normalized spacial score (nSPS) is 22.4. The van der Waals surface area contributed by atoms with E-state index in [-0.39, 0.29) is 22.5 Å². The molecule has 2 atom stereocenters. The van der Waals surface area contributed by atoms with Crippen LogP contribution in [0.2, 0.25) is 0 Å². The number of likely N-dealkylation sites (tertiary alicyclic amines) is 1. The summed E-state index contributed by atoms with van der Waals surface area (Å²) in [6, 6.07) is 11.1.